The molecule has 0 radical (unpaired) electrons. The molecular weight excluding hydrogens is 943 g/mol. The maximum Gasteiger partial charge on any atom is 0.252 e. The number of hydrogen-bond donors (Lipinski definition) is 0. The van der Waals surface area contributed by atoms with Gasteiger partial charge in [0.05, 0.1) is 22.7 Å². The molecular formula is C66H38B3N5OS. The van der Waals surface area contributed by atoms with Crippen LogP contribution in [0.4, 0.5) is 85.3 Å². The minimum atomic E-state index is -0.159. The fourth-order valence-electron chi connectivity index (χ4n) is 14.8. The van der Waals surface area contributed by atoms with Crippen molar-refractivity contribution in [1.82, 2.24) is 0 Å². The zero-order valence-corrected chi connectivity index (χ0v) is 41.5. The van der Waals surface area contributed by atoms with Crippen molar-refractivity contribution in [2.75, 3.05) is 24.5 Å². The van der Waals surface area contributed by atoms with E-state index in [0.717, 1.165) is 34.2 Å². The molecule has 8 heterocycles. The number of ether oxygens (including phenoxy) is 1. The largest absolute Gasteiger partial charge is 0.453 e. The van der Waals surface area contributed by atoms with Crippen molar-refractivity contribution in [2.45, 2.75) is 9.79 Å². The first kappa shape index (κ1) is 40.2. The lowest BCUT2D eigenvalue weighted by molar-refractivity contribution is 0.477. The maximum absolute atomic E-state index is 7.20. The van der Waals surface area contributed by atoms with Crippen LogP contribution in [0.1, 0.15) is 0 Å². The molecule has 0 N–H and O–H groups in total. The quantitative estimate of drug-likeness (QED) is 0.159. The molecule has 76 heavy (non-hydrogen) atoms. The van der Waals surface area contributed by atoms with Gasteiger partial charge in [0.2, 0.25) is 0 Å². The highest BCUT2D eigenvalue weighted by Gasteiger charge is 2.58. The first-order valence-electron chi connectivity index (χ1n) is 26.4. The van der Waals surface area contributed by atoms with Gasteiger partial charge in [0.25, 0.3) is 20.1 Å². The predicted molar refractivity (Wildman–Crippen MR) is 318 cm³/mol. The summed E-state index contributed by atoms with van der Waals surface area (Å²) in [5.41, 5.74) is 29.9. The van der Waals surface area contributed by atoms with E-state index in [2.05, 4.69) is 255 Å². The Morgan fingerprint density at radius 3 is 1.20 bits per heavy atom. The second-order valence-electron chi connectivity index (χ2n) is 21.1. The molecule has 11 aromatic rings. The molecule has 6 nitrogen and oxygen atoms in total. The molecule has 0 atom stereocenters. The lowest BCUT2D eigenvalue weighted by Gasteiger charge is -2.56. The second-order valence-corrected chi connectivity index (χ2v) is 22.2. The minimum Gasteiger partial charge on any atom is -0.453 e. The molecule has 0 unspecified atom stereocenters. The Bertz CT molecular complexity index is 4180. The molecule has 0 spiro atoms. The average molecular weight is 982 g/mol. The highest BCUT2D eigenvalue weighted by atomic mass is 32.2. The Labute approximate surface area is 444 Å². The highest BCUT2D eigenvalue weighted by molar-refractivity contribution is 7.99. The van der Waals surface area contributed by atoms with Crippen LogP contribution in [-0.2, 0) is 0 Å². The van der Waals surface area contributed by atoms with Gasteiger partial charge in [0.1, 0.15) is 0 Å². The summed E-state index contributed by atoms with van der Waals surface area (Å²) < 4.78 is 7.20. The van der Waals surface area contributed by atoms with Gasteiger partial charge in [0.15, 0.2) is 11.5 Å². The van der Waals surface area contributed by atoms with Crippen molar-refractivity contribution in [2.24, 2.45) is 0 Å². The third kappa shape index (κ3) is 4.86. The zero-order chi connectivity index (χ0) is 49.1. The molecule has 348 valence electrons. The Hall–Kier alpha value is -9.24. The molecule has 0 aromatic heterocycles. The summed E-state index contributed by atoms with van der Waals surface area (Å²) in [6.45, 7) is -0.168. The van der Waals surface area contributed by atoms with Crippen LogP contribution in [0.3, 0.4) is 0 Å². The van der Waals surface area contributed by atoms with E-state index >= 15 is 0 Å². The number of fused-ring (bicyclic) bond motifs is 22. The molecule has 0 saturated carbocycles. The van der Waals surface area contributed by atoms with Crippen molar-refractivity contribution in [3.63, 3.8) is 0 Å². The van der Waals surface area contributed by atoms with E-state index in [1.165, 1.54) is 122 Å². The molecule has 10 heteroatoms. The highest BCUT2D eigenvalue weighted by Crippen LogP contribution is 2.58. The molecule has 0 amide bonds. The normalized spacial score (nSPS) is 14.9. The predicted octanol–water partition coefficient (Wildman–Crippen LogP) is 11.0. The van der Waals surface area contributed by atoms with E-state index in [1.807, 2.05) is 11.8 Å². The average Bonchev–Trinajstić information content (AvgIpc) is 2.80. The number of rotatable bonds is 2. The first-order chi connectivity index (χ1) is 37.8. The molecule has 0 saturated heterocycles. The fourth-order valence-corrected chi connectivity index (χ4v) is 15.9. The van der Waals surface area contributed by atoms with Gasteiger partial charge < -0.3 is 29.2 Å². The monoisotopic (exact) mass is 981 g/mol. The van der Waals surface area contributed by atoms with Crippen molar-refractivity contribution in [3.8, 4) is 11.5 Å². The van der Waals surface area contributed by atoms with Gasteiger partial charge in [-0.2, -0.15) is 0 Å². The molecule has 0 aliphatic carbocycles. The topological polar surface area (TPSA) is 25.4 Å². The molecule has 0 bridgehead atoms. The number of benzene rings is 11. The summed E-state index contributed by atoms with van der Waals surface area (Å²) >= 11 is 1.89. The molecule has 19 rings (SSSR count). The smallest absolute Gasteiger partial charge is 0.252 e. The van der Waals surface area contributed by atoms with Crippen molar-refractivity contribution >= 4 is 166 Å². The Morgan fingerprint density at radius 1 is 0.263 bits per heavy atom. The van der Waals surface area contributed by atoms with Crippen molar-refractivity contribution in [3.05, 3.63) is 231 Å². The summed E-state index contributed by atoms with van der Waals surface area (Å²) in [4.78, 5) is 15.4. The summed E-state index contributed by atoms with van der Waals surface area (Å²) in [5.74, 6) is 1.69. The molecule has 0 fully saturated rings. The fraction of sp³-hybridized carbons (Fsp3) is 0. The van der Waals surface area contributed by atoms with Gasteiger partial charge in [0, 0.05) is 72.4 Å². The van der Waals surface area contributed by atoms with Gasteiger partial charge >= 0.3 is 0 Å². The van der Waals surface area contributed by atoms with Crippen LogP contribution in [0, 0.1) is 0 Å². The lowest BCUT2D eigenvalue weighted by Crippen LogP contribution is -2.74. The van der Waals surface area contributed by atoms with E-state index in [9.17, 15) is 0 Å². The Kier molecular flexibility index (Phi) is 7.58. The summed E-state index contributed by atoms with van der Waals surface area (Å²) in [6.07, 6.45) is 0. The summed E-state index contributed by atoms with van der Waals surface area (Å²) in [5, 5.41) is 0. The van der Waals surface area contributed by atoms with Gasteiger partial charge in [-0.05, 0) is 146 Å². The van der Waals surface area contributed by atoms with Gasteiger partial charge in [-0.15, -0.1) is 0 Å². The minimum absolute atomic E-state index is 0.00439. The van der Waals surface area contributed by atoms with Crippen LogP contribution in [-0.4, -0.2) is 20.1 Å². The third-order valence-electron chi connectivity index (χ3n) is 17.5. The van der Waals surface area contributed by atoms with Crippen LogP contribution in [0.5, 0.6) is 11.5 Å². The number of anilines is 15. The Morgan fingerprint density at radius 2 is 0.658 bits per heavy atom. The molecule has 8 aliphatic heterocycles. The van der Waals surface area contributed by atoms with Crippen LogP contribution < -0.4 is 78.4 Å². The van der Waals surface area contributed by atoms with E-state index < -0.39 is 0 Å². The number of nitrogens with zero attached hydrogens (tertiary/aromatic N) is 5. The van der Waals surface area contributed by atoms with E-state index in [0.29, 0.717) is 0 Å². The first-order valence-corrected chi connectivity index (χ1v) is 27.2. The van der Waals surface area contributed by atoms with Gasteiger partial charge in [-0.3, -0.25) is 0 Å². The molecule has 11 aromatic carbocycles. The van der Waals surface area contributed by atoms with E-state index in [1.54, 1.807) is 0 Å². The van der Waals surface area contributed by atoms with Gasteiger partial charge in [-0.25, -0.2) is 0 Å². The van der Waals surface area contributed by atoms with E-state index in [-0.39, 0.29) is 20.1 Å². The van der Waals surface area contributed by atoms with Crippen LogP contribution in [0.25, 0.3) is 0 Å². The van der Waals surface area contributed by atoms with Crippen LogP contribution in [0.2, 0.25) is 0 Å². The maximum atomic E-state index is 7.20. The summed E-state index contributed by atoms with van der Waals surface area (Å²) in [7, 11) is 0. The molecule has 8 aliphatic rings. The second kappa shape index (κ2) is 14.3. The lowest BCUT2D eigenvalue weighted by atomic mass is 9.24. The van der Waals surface area contributed by atoms with Crippen LogP contribution >= 0.6 is 11.8 Å². The van der Waals surface area contributed by atoms with Crippen LogP contribution in [0.15, 0.2) is 240 Å². The third-order valence-corrected chi connectivity index (χ3v) is 18.6. The van der Waals surface area contributed by atoms with Crippen molar-refractivity contribution < 1.29 is 4.74 Å². The summed E-state index contributed by atoms with van der Waals surface area (Å²) in [6, 6.07) is 86.2. The number of hydrogen-bond acceptors (Lipinski definition) is 7. The number of para-hydroxylation sites is 9. The van der Waals surface area contributed by atoms with Gasteiger partial charge in [-0.1, -0.05) is 145 Å². The SMILES string of the molecule is c1ccc(N2c3ccccc3Oc3cc4c(cc32)N2c3ccccc3B3c5ccccc5N5c6ccccc6B6c7ccccc7N7c8cc9c(cc8B4c4c2c3c5c6c47)Sc2ccccc2N9c2ccccc2)cc1. The van der Waals surface area contributed by atoms with E-state index in [4.69, 9.17) is 4.74 Å². The zero-order valence-electron chi connectivity index (χ0n) is 40.7. The standard InChI is InChI=1S/C66H38B3N5OS/c1-3-19-39(20-4-1)70-51-31-15-17-33-57(51)75-58-35-45-53(37-55(58)70)73-49-29-13-9-25-43(49)67-41-23-7-11-27-47(41)72-48-28-12-8-24-42(48)68-44-26-10-14-30-50(44)74-54-38-56-60(36-46(54)69(45)63-65(73)61(67)64(72)62(68)66(63)74)76-59-34-18-16-32-52(59)71(56)40-21-5-2-6-22-40/h1-38H. The van der Waals surface area contributed by atoms with Crippen molar-refractivity contribution in [1.29, 1.82) is 0 Å². The Balaban J connectivity index is 0.992.